The lowest BCUT2D eigenvalue weighted by Gasteiger charge is -2.30. The molecule has 0 unspecified atom stereocenters. The van der Waals surface area contributed by atoms with Crippen LogP contribution in [-0.4, -0.2) is 20.6 Å². The first-order chi connectivity index (χ1) is 9.18. The van der Waals surface area contributed by atoms with Gasteiger partial charge >= 0.3 is 6.18 Å². The summed E-state index contributed by atoms with van der Waals surface area (Å²) in [5.41, 5.74) is 0. The van der Waals surface area contributed by atoms with E-state index in [2.05, 4.69) is 4.72 Å². The third-order valence-corrected chi connectivity index (χ3v) is 6.52. The molecule has 1 heterocycles. The third kappa shape index (κ3) is 3.87. The molecule has 1 aliphatic carbocycles. The Morgan fingerprint density at radius 1 is 1.30 bits per heavy atom. The molecule has 0 aromatic carbocycles. The van der Waals surface area contributed by atoms with E-state index in [4.69, 9.17) is 11.6 Å². The Kier molecular flexibility index (Phi) is 4.68. The summed E-state index contributed by atoms with van der Waals surface area (Å²) < 4.78 is 64.8. The monoisotopic (exact) mass is 347 g/mol. The average Bonchev–Trinajstić information content (AvgIpc) is 2.75. The van der Waals surface area contributed by atoms with E-state index < -0.39 is 28.2 Å². The summed E-state index contributed by atoms with van der Waals surface area (Å²) in [7, 11) is -3.79. The van der Waals surface area contributed by atoms with Crippen LogP contribution in [-0.2, 0) is 10.0 Å². The molecule has 9 heteroatoms. The predicted octanol–water partition coefficient (Wildman–Crippen LogP) is 3.80. The van der Waals surface area contributed by atoms with Gasteiger partial charge in [0.2, 0.25) is 10.0 Å². The Morgan fingerprint density at radius 2 is 2.00 bits per heavy atom. The lowest BCUT2D eigenvalue weighted by molar-refractivity contribution is -0.183. The van der Waals surface area contributed by atoms with Gasteiger partial charge in [0.15, 0.2) is 0 Å². The zero-order chi connectivity index (χ0) is 15.0. The molecule has 0 radical (unpaired) electrons. The molecule has 0 bridgehead atoms. The summed E-state index contributed by atoms with van der Waals surface area (Å²) >= 11 is 6.55. The Hall–Kier alpha value is -0.310. The Bertz CT molecular complexity index is 570. The summed E-state index contributed by atoms with van der Waals surface area (Å²) in [5, 5.41) is 0. The Balaban J connectivity index is 2.06. The van der Waals surface area contributed by atoms with Crippen LogP contribution < -0.4 is 4.72 Å². The molecule has 2 atom stereocenters. The zero-order valence-electron chi connectivity index (χ0n) is 10.3. The van der Waals surface area contributed by atoms with Gasteiger partial charge in [0.25, 0.3) is 0 Å². The van der Waals surface area contributed by atoms with E-state index in [1.807, 2.05) is 0 Å². The van der Waals surface area contributed by atoms with Gasteiger partial charge in [0, 0.05) is 6.04 Å². The van der Waals surface area contributed by atoms with Gasteiger partial charge in [-0.25, -0.2) is 13.1 Å². The minimum atomic E-state index is -4.27. The highest BCUT2D eigenvalue weighted by atomic mass is 35.5. The molecule has 0 spiro atoms. The first-order valence-electron chi connectivity index (χ1n) is 6.03. The fraction of sp³-hybridized carbons (Fsp3) is 0.636. The van der Waals surface area contributed by atoms with Gasteiger partial charge in [-0.2, -0.15) is 13.2 Å². The molecule has 20 heavy (non-hydrogen) atoms. The second kappa shape index (κ2) is 5.82. The van der Waals surface area contributed by atoms with E-state index >= 15 is 0 Å². The van der Waals surface area contributed by atoms with Crippen molar-refractivity contribution < 1.29 is 21.6 Å². The molecule has 1 fully saturated rings. The highest BCUT2D eigenvalue weighted by Crippen LogP contribution is 2.38. The molecular formula is C11H13ClF3NO2S2. The van der Waals surface area contributed by atoms with Crippen LogP contribution in [0, 0.1) is 5.92 Å². The Labute approximate surface area is 124 Å². The van der Waals surface area contributed by atoms with Crippen LogP contribution in [0.2, 0.25) is 4.34 Å². The molecular weight excluding hydrogens is 335 g/mol. The van der Waals surface area contributed by atoms with Crippen molar-refractivity contribution in [1.82, 2.24) is 4.72 Å². The summed E-state index contributed by atoms with van der Waals surface area (Å²) in [6.45, 7) is 0. The maximum absolute atomic E-state index is 12.7. The van der Waals surface area contributed by atoms with Crippen LogP contribution in [0.5, 0.6) is 0 Å². The van der Waals surface area contributed by atoms with Crippen molar-refractivity contribution >= 4 is 33.0 Å². The quantitative estimate of drug-likeness (QED) is 0.904. The minimum absolute atomic E-state index is 0.0247. The highest BCUT2D eigenvalue weighted by molar-refractivity contribution is 7.91. The molecule has 1 aromatic heterocycles. The summed E-state index contributed by atoms with van der Waals surface area (Å²) in [6, 6.07) is 2.11. The van der Waals surface area contributed by atoms with E-state index in [0.717, 1.165) is 11.3 Å². The van der Waals surface area contributed by atoms with Crippen molar-refractivity contribution in [2.24, 2.45) is 5.92 Å². The fourth-order valence-electron chi connectivity index (χ4n) is 2.31. The van der Waals surface area contributed by atoms with E-state index in [-0.39, 0.29) is 17.1 Å². The van der Waals surface area contributed by atoms with Gasteiger partial charge in [-0.15, -0.1) is 11.3 Å². The molecule has 1 aromatic rings. The van der Waals surface area contributed by atoms with Gasteiger partial charge in [-0.3, -0.25) is 0 Å². The third-order valence-electron chi connectivity index (χ3n) is 3.27. The van der Waals surface area contributed by atoms with Crippen molar-refractivity contribution in [3.63, 3.8) is 0 Å². The maximum atomic E-state index is 12.7. The zero-order valence-corrected chi connectivity index (χ0v) is 12.7. The summed E-state index contributed by atoms with van der Waals surface area (Å²) in [4.78, 5) is 0. The van der Waals surface area contributed by atoms with Crippen molar-refractivity contribution in [1.29, 1.82) is 0 Å². The molecule has 0 amide bonds. The van der Waals surface area contributed by atoms with Gasteiger partial charge < -0.3 is 0 Å². The normalized spacial score (nSPS) is 24.8. The van der Waals surface area contributed by atoms with Gasteiger partial charge in [-0.1, -0.05) is 18.0 Å². The lowest BCUT2D eigenvalue weighted by atomic mass is 9.86. The highest BCUT2D eigenvalue weighted by Gasteiger charge is 2.42. The van der Waals surface area contributed by atoms with Gasteiger partial charge in [0.1, 0.15) is 4.21 Å². The minimum Gasteiger partial charge on any atom is -0.207 e. The van der Waals surface area contributed by atoms with Crippen molar-refractivity contribution in [3.8, 4) is 0 Å². The van der Waals surface area contributed by atoms with Crippen LogP contribution in [0.25, 0.3) is 0 Å². The summed E-state index contributed by atoms with van der Waals surface area (Å²) in [6.07, 6.45) is -3.63. The van der Waals surface area contributed by atoms with Crippen molar-refractivity contribution in [2.75, 3.05) is 0 Å². The molecule has 114 valence electrons. The second-order valence-corrected chi connectivity index (χ2v) is 8.44. The fourth-order valence-corrected chi connectivity index (χ4v) is 5.10. The number of sulfonamides is 1. The number of halogens is 4. The number of hydrogen-bond donors (Lipinski definition) is 1. The number of rotatable bonds is 3. The van der Waals surface area contributed by atoms with Crippen LogP contribution in [0.1, 0.15) is 25.7 Å². The second-order valence-electron chi connectivity index (χ2n) is 4.78. The lowest BCUT2D eigenvalue weighted by Crippen LogP contribution is -2.41. The van der Waals surface area contributed by atoms with E-state index in [9.17, 15) is 21.6 Å². The molecule has 2 rings (SSSR count). The van der Waals surface area contributed by atoms with Crippen LogP contribution in [0.3, 0.4) is 0 Å². The summed E-state index contributed by atoms with van der Waals surface area (Å²) in [5.74, 6) is -1.43. The molecule has 1 N–H and O–H groups in total. The number of thiophene rings is 1. The van der Waals surface area contributed by atoms with Crippen LogP contribution >= 0.6 is 22.9 Å². The largest absolute Gasteiger partial charge is 0.391 e. The van der Waals surface area contributed by atoms with E-state index in [1.54, 1.807) is 0 Å². The maximum Gasteiger partial charge on any atom is 0.391 e. The van der Waals surface area contributed by atoms with Crippen molar-refractivity contribution in [3.05, 3.63) is 16.5 Å². The number of hydrogen-bond acceptors (Lipinski definition) is 3. The Morgan fingerprint density at radius 3 is 2.55 bits per heavy atom. The standard InChI is InChI=1S/C11H13ClF3NO2S2/c12-9-4-5-10(19-9)20(17,18)16-8-3-1-2-7(6-8)11(13,14)15/h4-5,7-8,16H,1-3,6H2/t7-,8-/m1/s1. The first kappa shape index (κ1) is 16.1. The van der Waals surface area contributed by atoms with Gasteiger partial charge in [0.05, 0.1) is 10.3 Å². The first-order valence-corrected chi connectivity index (χ1v) is 8.70. The number of nitrogens with one attached hydrogen (secondary N) is 1. The molecule has 0 aliphatic heterocycles. The SMILES string of the molecule is O=S(=O)(N[C@@H]1CCC[C@@H](C(F)(F)F)C1)c1ccc(Cl)s1. The molecule has 1 saturated carbocycles. The van der Waals surface area contributed by atoms with Crippen LogP contribution in [0.15, 0.2) is 16.3 Å². The molecule has 3 nitrogen and oxygen atoms in total. The van der Waals surface area contributed by atoms with E-state index in [1.165, 1.54) is 12.1 Å². The molecule has 0 saturated heterocycles. The topological polar surface area (TPSA) is 46.2 Å². The van der Waals surface area contributed by atoms with E-state index in [0.29, 0.717) is 17.2 Å². The average molecular weight is 348 g/mol. The van der Waals surface area contributed by atoms with Crippen LogP contribution in [0.4, 0.5) is 13.2 Å². The smallest absolute Gasteiger partial charge is 0.207 e. The van der Waals surface area contributed by atoms with Gasteiger partial charge in [-0.05, 0) is 31.4 Å². The van der Waals surface area contributed by atoms with Crippen molar-refractivity contribution in [2.45, 2.75) is 42.1 Å². The molecule has 1 aliphatic rings. The number of alkyl halides is 3. The predicted molar refractivity (Wildman–Crippen MR) is 71.5 cm³/mol.